The van der Waals surface area contributed by atoms with Crippen molar-refractivity contribution in [3.63, 3.8) is 0 Å². The highest BCUT2D eigenvalue weighted by Crippen LogP contribution is 2.28. The molecule has 1 atom stereocenters. The Morgan fingerprint density at radius 2 is 2.00 bits per heavy atom. The second kappa shape index (κ2) is 4.65. The number of nitriles is 1. The molecule has 0 aliphatic heterocycles. The third kappa shape index (κ3) is 2.39. The van der Waals surface area contributed by atoms with E-state index in [0.717, 1.165) is 5.56 Å². The fraction of sp³-hybridized carbons (Fsp3) is 0.300. The first-order chi connectivity index (χ1) is 6.56. The van der Waals surface area contributed by atoms with E-state index in [-0.39, 0.29) is 6.04 Å². The van der Waals surface area contributed by atoms with Gasteiger partial charge >= 0.3 is 0 Å². The van der Waals surface area contributed by atoms with E-state index in [9.17, 15) is 0 Å². The van der Waals surface area contributed by atoms with Crippen LogP contribution in [0.4, 0.5) is 0 Å². The van der Waals surface area contributed by atoms with E-state index in [2.05, 4.69) is 6.07 Å². The molecule has 0 unspecified atom stereocenters. The Morgan fingerprint density at radius 1 is 1.36 bits per heavy atom. The van der Waals surface area contributed by atoms with Gasteiger partial charge in [-0.05, 0) is 26.2 Å². The summed E-state index contributed by atoms with van der Waals surface area (Å²) in [4.78, 5) is 1.80. The van der Waals surface area contributed by atoms with E-state index in [1.54, 1.807) is 23.1 Å². The largest absolute Gasteiger partial charge is 0.290 e. The van der Waals surface area contributed by atoms with Crippen LogP contribution in [0.1, 0.15) is 11.6 Å². The molecule has 0 N–H and O–H groups in total. The lowest BCUT2D eigenvalue weighted by molar-refractivity contribution is 0.358. The first kappa shape index (κ1) is 11.3. The zero-order chi connectivity index (χ0) is 10.7. The molecule has 0 radical (unpaired) electrons. The van der Waals surface area contributed by atoms with Crippen molar-refractivity contribution in [3.8, 4) is 6.07 Å². The SMILES string of the molecule is CN(C)[C@H](C#N)c1ccc(Cl)cc1Cl. The number of benzene rings is 1. The van der Waals surface area contributed by atoms with Crippen molar-refractivity contribution < 1.29 is 0 Å². The molecule has 0 heterocycles. The van der Waals surface area contributed by atoms with Gasteiger partial charge in [-0.2, -0.15) is 5.26 Å². The summed E-state index contributed by atoms with van der Waals surface area (Å²) in [5.41, 5.74) is 0.781. The van der Waals surface area contributed by atoms with Crippen LogP contribution in [0.15, 0.2) is 18.2 Å². The van der Waals surface area contributed by atoms with E-state index >= 15 is 0 Å². The van der Waals surface area contributed by atoms with Gasteiger partial charge in [0.25, 0.3) is 0 Å². The van der Waals surface area contributed by atoms with E-state index in [1.807, 2.05) is 14.1 Å². The van der Waals surface area contributed by atoms with E-state index in [4.69, 9.17) is 28.5 Å². The summed E-state index contributed by atoms with van der Waals surface area (Å²) in [5, 5.41) is 10.1. The molecule has 0 bridgehead atoms. The van der Waals surface area contributed by atoms with E-state index in [1.165, 1.54) is 0 Å². The first-order valence-corrected chi connectivity index (χ1v) is 4.83. The lowest BCUT2D eigenvalue weighted by atomic mass is 10.1. The summed E-state index contributed by atoms with van der Waals surface area (Å²) in [7, 11) is 3.66. The van der Waals surface area contributed by atoms with E-state index < -0.39 is 0 Å². The van der Waals surface area contributed by atoms with Gasteiger partial charge in [-0.15, -0.1) is 0 Å². The molecular formula is C10H10Cl2N2. The molecule has 1 aromatic carbocycles. The van der Waals surface area contributed by atoms with Gasteiger partial charge in [0.15, 0.2) is 0 Å². The van der Waals surface area contributed by atoms with Crippen LogP contribution in [-0.2, 0) is 0 Å². The van der Waals surface area contributed by atoms with Gasteiger partial charge in [-0.25, -0.2) is 0 Å². The fourth-order valence-corrected chi connectivity index (χ4v) is 1.70. The summed E-state index contributed by atoms with van der Waals surface area (Å²) in [6.45, 7) is 0. The minimum atomic E-state index is -0.334. The maximum atomic E-state index is 8.96. The number of hydrogen-bond acceptors (Lipinski definition) is 2. The standard InChI is InChI=1S/C10H10Cl2N2/c1-14(2)10(6-13)8-4-3-7(11)5-9(8)12/h3-5,10H,1-2H3/t10-/m1/s1. The van der Waals surface area contributed by atoms with Crippen molar-refractivity contribution in [2.24, 2.45) is 0 Å². The van der Waals surface area contributed by atoms with Gasteiger partial charge < -0.3 is 0 Å². The van der Waals surface area contributed by atoms with Crippen molar-refractivity contribution in [1.29, 1.82) is 5.26 Å². The molecule has 0 aliphatic carbocycles. The van der Waals surface area contributed by atoms with Crippen LogP contribution < -0.4 is 0 Å². The van der Waals surface area contributed by atoms with Crippen molar-refractivity contribution >= 4 is 23.2 Å². The molecule has 0 spiro atoms. The Kier molecular flexibility index (Phi) is 3.77. The Bertz CT molecular complexity index is 369. The Balaban J connectivity index is 3.13. The highest BCUT2D eigenvalue weighted by molar-refractivity contribution is 6.35. The molecular weight excluding hydrogens is 219 g/mol. The summed E-state index contributed by atoms with van der Waals surface area (Å²) in [5.74, 6) is 0. The van der Waals surface area contributed by atoms with Crippen LogP contribution in [-0.4, -0.2) is 19.0 Å². The fourth-order valence-electron chi connectivity index (χ4n) is 1.19. The number of halogens is 2. The molecule has 0 aromatic heterocycles. The second-order valence-corrected chi connectivity index (χ2v) is 4.00. The zero-order valence-corrected chi connectivity index (χ0v) is 9.47. The third-order valence-corrected chi connectivity index (χ3v) is 2.46. The lowest BCUT2D eigenvalue weighted by Gasteiger charge is -2.18. The second-order valence-electron chi connectivity index (χ2n) is 3.16. The van der Waals surface area contributed by atoms with Gasteiger partial charge in [0.05, 0.1) is 6.07 Å². The highest BCUT2D eigenvalue weighted by Gasteiger charge is 2.15. The average Bonchev–Trinajstić information content (AvgIpc) is 2.09. The minimum Gasteiger partial charge on any atom is -0.290 e. The Labute approximate surface area is 93.7 Å². The van der Waals surface area contributed by atoms with Gasteiger partial charge in [0, 0.05) is 15.6 Å². The summed E-state index contributed by atoms with van der Waals surface area (Å²) in [6, 6.07) is 7.00. The van der Waals surface area contributed by atoms with Gasteiger partial charge in [0.2, 0.25) is 0 Å². The van der Waals surface area contributed by atoms with Crippen LogP contribution >= 0.6 is 23.2 Å². The lowest BCUT2D eigenvalue weighted by Crippen LogP contribution is -2.18. The molecule has 1 aromatic rings. The quantitative estimate of drug-likeness (QED) is 0.778. The molecule has 2 nitrogen and oxygen atoms in total. The molecule has 0 amide bonds. The van der Waals surface area contributed by atoms with Gasteiger partial charge in [-0.3, -0.25) is 4.90 Å². The zero-order valence-electron chi connectivity index (χ0n) is 7.96. The molecule has 4 heteroatoms. The molecule has 0 aliphatic rings. The Hall–Kier alpha value is -0.750. The maximum Gasteiger partial charge on any atom is 0.124 e. The summed E-state index contributed by atoms with van der Waals surface area (Å²) >= 11 is 11.7. The molecule has 74 valence electrons. The van der Waals surface area contributed by atoms with Crippen LogP contribution in [0.2, 0.25) is 10.0 Å². The van der Waals surface area contributed by atoms with Crippen molar-refractivity contribution in [2.45, 2.75) is 6.04 Å². The van der Waals surface area contributed by atoms with Crippen LogP contribution in [0, 0.1) is 11.3 Å². The van der Waals surface area contributed by atoms with Crippen molar-refractivity contribution in [1.82, 2.24) is 4.90 Å². The first-order valence-electron chi connectivity index (χ1n) is 4.07. The number of rotatable bonds is 2. The topological polar surface area (TPSA) is 27.0 Å². The Morgan fingerprint density at radius 3 is 2.43 bits per heavy atom. The normalized spacial score (nSPS) is 12.6. The van der Waals surface area contributed by atoms with Gasteiger partial charge in [-0.1, -0.05) is 29.3 Å². The number of nitrogens with zero attached hydrogens (tertiary/aromatic N) is 2. The summed E-state index contributed by atoms with van der Waals surface area (Å²) < 4.78 is 0. The predicted molar refractivity (Wildman–Crippen MR) is 58.5 cm³/mol. The third-order valence-electron chi connectivity index (χ3n) is 1.90. The number of hydrogen-bond donors (Lipinski definition) is 0. The van der Waals surface area contributed by atoms with Crippen molar-refractivity contribution in [3.05, 3.63) is 33.8 Å². The minimum absolute atomic E-state index is 0.334. The van der Waals surface area contributed by atoms with E-state index in [0.29, 0.717) is 10.0 Å². The molecule has 1 rings (SSSR count). The molecule has 0 saturated carbocycles. The monoisotopic (exact) mass is 228 g/mol. The molecule has 0 saturated heterocycles. The highest BCUT2D eigenvalue weighted by atomic mass is 35.5. The predicted octanol–water partition coefficient (Wildman–Crippen LogP) is 3.12. The molecule has 0 fully saturated rings. The smallest absolute Gasteiger partial charge is 0.124 e. The van der Waals surface area contributed by atoms with Crippen LogP contribution in [0.5, 0.6) is 0 Å². The van der Waals surface area contributed by atoms with Gasteiger partial charge in [0.1, 0.15) is 6.04 Å². The molecule has 14 heavy (non-hydrogen) atoms. The van der Waals surface area contributed by atoms with Crippen LogP contribution in [0.25, 0.3) is 0 Å². The van der Waals surface area contributed by atoms with Crippen LogP contribution in [0.3, 0.4) is 0 Å². The maximum absolute atomic E-state index is 8.96. The van der Waals surface area contributed by atoms with Crippen molar-refractivity contribution in [2.75, 3.05) is 14.1 Å². The average molecular weight is 229 g/mol. The summed E-state index contributed by atoms with van der Waals surface area (Å²) in [6.07, 6.45) is 0.